The molecular formula is C22H27NO5S. The third kappa shape index (κ3) is 5.09. The first-order valence-electron chi connectivity index (χ1n) is 9.83. The molecule has 0 bridgehead atoms. The minimum absolute atomic E-state index is 0.118. The van der Waals surface area contributed by atoms with Gasteiger partial charge in [0.25, 0.3) is 10.0 Å². The number of rotatable bonds is 7. The predicted molar refractivity (Wildman–Crippen MR) is 112 cm³/mol. The molecule has 1 aliphatic carbocycles. The molecule has 0 aliphatic heterocycles. The molecule has 3 rings (SSSR count). The Labute approximate surface area is 172 Å². The van der Waals surface area contributed by atoms with Crippen LogP contribution in [0.4, 0.5) is 5.69 Å². The van der Waals surface area contributed by atoms with Crippen LogP contribution in [-0.2, 0) is 19.6 Å². The first-order chi connectivity index (χ1) is 13.9. The molecule has 1 aliphatic rings. The number of hydrogen-bond acceptors (Lipinski definition) is 5. The number of methoxy groups -OCH3 is 1. The molecule has 0 amide bonds. The maximum atomic E-state index is 13.4. The van der Waals surface area contributed by atoms with Gasteiger partial charge in [-0.3, -0.25) is 9.10 Å². The number of nitrogens with zero attached hydrogens (tertiary/aromatic N) is 1. The van der Waals surface area contributed by atoms with Crippen LogP contribution in [0.3, 0.4) is 0 Å². The van der Waals surface area contributed by atoms with Crippen molar-refractivity contribution in [3.05, 3.63) is 54.1 Å². The highest BCUT2D eigenvalue weighted by molar-refractivity contribution is 7.92. The minimum Gasteiger partial charge on any atom is -0.497 e. The van der Waals surface area contributed by atoms with Gasteiger partial charge in [-0.2, -0.15) is 0 Å². The molecule has 0 radical (unpaired) electrons. The molecular weight excluding hydrogens is 390 g/mol. The first-order valence-corrected chi connectivity index (χ1v) is 11.3. The summed E-state index contributed by atoms with van der Waals surface area (Å²) >= 11 is 0. The van der Waals surface area contributed by atoms with E-state index in [0.717, 1.165) is 42.0 Å². The maximum Gasteiger partial charge on any atom is 0.327 e. The largest absolute Gasteiger partial charge is 0.497 e. The molecule has 0 spiro atoms. The van der Waals surface area contributed by atoms with Gasteiger partial charge in [0.05, 0.1) is 17.7 Å². The minimum atomic E-state index is -3.96. The summed E-state index contributed by atoms with van der Waals surface area (Å²) in [6, 6.07) is 13.3. The predicted octanol–water partition coefficient (Wildman–Crippen LogP) is 4.07. The zero-order chi connectivity index (χ0) is 20.9. The monoisotopic (exact) mass is 417 g/mol. The number of ether oxygens (including phenoxy) is 2. The Hall–Kier alpha value is -2.54. The van der Waals surface area contributed by atoms with E-state index in [-0.39, 0.29) is 17.5 Å². The smallest absolute Gasteiger partial charge is 0.327 e. The van der Waals surface area contributed by atoms with Crippen LogP contribution in [0.1, 0.15) is 37.7 Å². The lowest BCUT2D eigenvalue weighted by atomic mass is 9.98. The van der Waals surface area contributed by atoms with Crippen molar-refractivity contribution >= 4 is 21.7 Å². The summed E-state index contributed by atoms with van der Waals surface area (Å²) in [5, 5.41) is 0. The van der Waals surface area contributed by atoms with E-state index in [1.165, 1.54) is 19.2 Å². The number of anilines is 1. The Balaban J connectivity index is 1.94. The molecule has 1 saturated carbocycles. The lowest BCUT2D eigenvalue weighted by Crippen LogP contribution is -2.38. The molecule has 0 heterocycles. The van der Waals surface area contributed by atoms with Gasteiger partial charge >= 0.3 is 5.97 Å². The fourth-order valence-electron chi connectivity index (χ4n) is 3.53. The van der Waals surface area contributed by atoms with Gasteiger partial charge in [-0.15, -0.1) is 0 Å². The second-order valence-corrected chi connectivity index (χ2v) is 9.09. The maximum absolute atomic E-state index is 13.4. The van der Waals surface area contributed by atoms with E-state index in [0.29, 0.717) is 11.4 Å². The Morgan fingerprint density at radius 3 is 2.41 bits per heavy atom. The summed E-state index contributed by atoms with van der Waals surface area (Å²) in [4.78, 5) is 12.8. The first kappa shape index (κ1) is 21.2. The van der Waals surface area contributed by atoms with E-state index in [1.54, 1.807) is 43.3 Å². The van der Waals surface area contributed by atoms with E-state index in [1.807, 2.05) is 0 Å². The molecule has 2 aromatic rings. The van der Waals surface area contributed by atoms with E-state index < -0.39 is 16.0 Å². The third-order valence-corrected chi connectivity index (χ3v) is 6.91. The van der Waals surface area contributed by atoms with Crippen LogP contribution in [0.15, 0.2) is 53.4 Å². The fourth-order valence-corrected chi connectivity index (χ4v) is 5.01. The summed E-state index contributed by atoms with van der Waals surface area (Å²) in [5.74, 6) is -0.0295. The summed E-state index contributed by atoms with van der Waals surface area (Å²) in [7, 11) is -2.44. The quantitative estimate of drug-likeness (QED) is 0.635. The topological polar surface area (TPSA) is 72.9 Å². The molecule has 0 N–H and O–H groups in total. The number of benzene rings is 2. The molecule has 0 aromatic heterocycles. The van der Waals surface area contributed by atoms with Crippen molar-refractivity contribution < 1.29 is 22.7 Å². The molecule has 29 heavy (non-hydrogen) atoms. The number of sulfonamides is 1. The summed E-state index contributed by atoms with van der Waals surface area (Å²) in [6.07, 6.45) is 4.72. The average molecular weight is 418 g/mol. The van der Waals surface area contributed by atoms with Crippen molar-refractivity contribution in [3.8, 4) is 5.75 Å². The SMILES string of the molecule is COc1ccc(C)c(N(CC(=O)OC2CCCCC2)S(=O)(=O)c2ccccc2)c1. The molecule has 7 heteroatoms. The standard InChI is InChI=1S/C22H27NO5S/c1-17-13-14-19(27-2)15-21(17)23(29(25,26)20-11-7-4-8-12-20)16-22(24)28-18-9-5-3-6-10-18/h4,7-8,11-15,18H,3,5-6,9-10,16H2,1-2H3. The van der Waals surface area contributed by atoms with Gasteiger partial charge < -0.3 is 9.47 Å². The van der Waals surface area contributed by atoms with Crippen LogP contribution in [-0.4, -0.2) is 34.1 Å². The normalized spacial score (nSPS) is 15.0. The molecule has 0 saturated heterocycles. The van der Waals surface area contributed by atoms with Crippen molar-refractivity contribution in [2.24, 2.45) is 0 Å². The average Bonchev–Trinajstić information content (AvgIpc) is 2.74. The van der Waals surface area contributed by atoms with Crippen LogP contribution in [0, 0.1) is 6.92 Å². The third-order valence-electron chi connectivity index (χ3n) is 5.14. The van der Waals surface area contributed by atoms with Crippen molar-refractivity contribution in [1.29, 1.82) is 0 Å². The second kappa shape index (κ2) is 9.31. The molecule has 0 atom stereocenters. The molecule has 6 nitrogen and oxygen atoms in total. The van der Waals surface area contributed by atoms with E-state index >= 15 is 0 Å². The lowest BCUT2D eigenvalue weighted by molar-refractivity contribution is -0.148. The Bertz CT molecular complexity index is 937. The van der Waals surface area contributed by atoms with E-state index in [9.17, 15) is 13.2 Å². The van der Waals surface area contributed by atoms with Crippen LogP contribution < -0.4 is 9.04 Å². The van der Waals surface area contributed by atoms with Gasteiger partial charge in [-0.25, -0.2) is 8.42 Å². The summed E-state index contributed by atoms with van der Waals surface area (Å²) in [6.45, 7) is 1.41. The Morgan fingerprint density at radius 1 is 1.07 bits per heavy atom. The Kier molecular flexibility index (Phi) is 6.79. The molecule has 2 aromatic carbocycles. The zero-order valence-corrected chi connectivity index (χ0v) is 17.7. The van der Waals surface area contributed by atoms with Gasteiger partial charge in [-0.1, -0.05) is 30.7 Å². The second-order valence-electron chi connectivity index (χ2n) is 7.23. The highest BCUT2D eigenvalue weighted by atomic mass is 32.2. The number of aryl methyl sites for hydroxylation is 1. The van der Waals surface area contributed by atoms with Crippen molar-refractivity contribution in [2.75, 3.05) is 18.0 Å². The highest BCUT2D eigenvalue weighted by Crippen LogP contribution is 2.30. The molecule has 1 fully saturated rings. The van der Waals surface area contributed by atoms with Crippen LogP contribution in [0.2, 0.25) is 0 Å². The summed E-state index contributed by atoms with van der Waals surface area (Å²) < 4.78 is 38.8. The van der Waals surface area contributed by atoms with Crippen molar-refractivity contribution in [3.63, 3.8) is 0 Å². The van der Waals surface area contributed by atoms with E-state index in [2.05, 4.69) is 0 Å². The van der Waals surface area contributed by atoms with Gasteiger partial charge in [0.1, 0.15) is 18.4 Å². The van der Waals surface area contributed by atoms with Crippen molar-refractivity contribution in [1.82, 2.24) is 0 Å². The van der Waals surface area contributed by atoms with Gasteiger partial charge in [-0.05, 0) is 56.4 Å². The number of carbonyl (C=O) groups excluding carboxylic acids is 1. The Morgan fingerprint density at radius 2 is 1.76 bits per heavy atom. The van der Waals surface area contributed by atoms with Gasteiger partial charge in [0, 0.05) is 6.07 Å². The number of hydrogen-bond donors (Lipinski definition) is 0. The number of esters is 1. The van der Waals surface area contributed by atoms with Crippen LogP contribution >= 0.6 is 0 Å². The van der Waals surface area contributed by atoms with E-state index in [4.69, 9.17) is 9.47 Å². The summed E-state index contributed by atoms with van der Waals surface area (Å²) in [5.41, 5.74) is 1.12. The van der Waals surface area contributed by atoms with Crippen LogP contribution in [0.25, 0.3) is 0 Å². The highest BCUT2D eigenvalue weighted by Gasteiger charge is 2.30. The van der Waals surface area contributed by atoms with Gasteiger partial charge in [0.2, 0.25) is 0 Å². The lowest BCUT2D eigenvalue weighted by Gasteiger charge is -2.27. The number of carbonyl (C=O) groups is 1. The molecule has 0 unspecified atom stereocenters. The zero-order valence-electron chi connectivity index (χ0n) is 16.8. The van der Waals surface area contributed by atoms with Gasteiger partial charge in [0.15, 0.2) is 0 Å². The molecule has 156 valence electrons. The van der Waals surface area contributed by atoms with Crippen molar-refractivity contribution in [2.45, 2.75) is 50.0 Å². The van der Waals surface area contributed by atoms with Crippen LogP contribution in [0.5, 0.6) is 5.75 Å². The fraction of sp³-hybridized carbons (Fsp3) is 0.409.